The number of para-hydroxylation sites is 1. The summed E-state index contributed by atoms with van der Waals surface area (Å²) in [6, 6.07) is 19.8. The summed E-state index contributed by atoms with van der Waals surface area (Å²) in [5, 5.41) is 15.1. The Bertz CT molecular complexity index is 837. The molecule has 1 N–H and O–H groups in total. The molecule has 0 aliphatic heterocycles. The molecule has 0 unspecified atom stereocenters. The monoisotopic (exact) mass is 367 g/mol. The fourth-order valence-corrected chi connectivity index (χ4v) is 3.32. The molecule has 6 nitrogen and oxygen atoms in total. The molecular weight excluding hydrogens is 346 g/mol. The molecule has 0 bridgehead atoms. The van der Waals surface area contributed by atoms with Gasteiger partial charge in [-0.05, 0) is 41.0 Å². The van der Waals surface area contributed by atoms with Crippen LogP contribution in [0, 0.1) is 0 Å². The Labute approximate surface area is 157 Å². The van der Waals surface area contributed by atoms with Crippen LogP contribution in [0.2, 0.25) is 0 Å². The van der Waals surface area contributed by atoms with Crippen molar-refractivity contribution in [2.75, 3.05) is 6.54 Å². The van der Waals surface area contributed by atoms with Crippen LogP contribution in [0.1, 0.15) is 25.3 Å². The van der Waals surface area contributed by atoms with Crippen LogP contribution in [0.25, 0.3) is 5.69 Å². The Morgan fingerprint density at radius 3 is 2.42 bits per heavy atom. The lowest BCUT2D eigenvalue weighted by molar-refractivity contribution is -0.120. The van der Waals surface area contributed by atoms with Crippen molar-refractivity contribution in [1.82, 2.24) is 25.5 Å². The largest absolute Gasteiger partial charge is 0.355 e. The minimum absolute atomic E-state index is 0.0274. The number of carbonyl (C=O) groups excluding carboxylic acids is 1. The zero-order valence-electron chi connectivity index (χ0n) is 14.7. The summed E-state index contributed by atoms with van der Waals surface area (Å²) >= 11 is 1.34. The minimum Gasteiger partial charge on any atom is -0.355 e. The Morgan fingerprint density at radius 2 is 1.73 bits per heavy atom. The molecule has 0 saturated heterocycles. The summed E-state index contributed by atoms with van der Waals surface area (Å²) in [7, 11) is 0. The summed E-state index contributed by atoms with van der Waals surface area (Å²) in [5.74, 6) is 0.229. The van der Waals surface area contributed by atoms with Gasteiger partial charge in [-0.15, -0.1) is 5.10 Å². The molecule has 1 aromatic heterocycles. The average molecular weight is 367 g/mol. The summed E-state index contributed by atoms with van der Waals surface area (Å²) in [5.41, 5.74) is 2.08. The highest BCUT2D eigenvalue weighted by Gasteiger charge is 2.19. The molecule has 2 aromatic carbocycles. The van der Waals surface area contributed by atoms with E-state index in [0.717, 1.165) is 5.69 Å². The lowest BCUT2D eigenvalue weighted by atomic mass is 10.0. The number of carbonyl (C=O) groups is 1. The second-order valence-electron chi connectivity index (χ2n) is 6.03. The van der Waals surface area contributed by atoms with Crippen molar-refractivity contribution < 1.29 is 4.79 Å². The van der Waals surface area contributed by atoms with Crippen molar-refractivity contribution >= 4 is 17.7 Å². The first kappa shape index (κ1) is 18.1. The Morgan fingerprint density at radius 1 is 1.08 bits per heavy atom. The molecule has 7 heteroatoms. The molecule has 134 valence electrons. The third-order valence-corrected chi connectivity index (χ3v) is 5.08. The average Bonchev–Trinajstić information content (AvgIpc) is 3.15. The van der Waals surface area contributed by atoms with Gasteiger partial charge < -0.3 is 5.32 Å². The zero-order valence-corrected chi connectivity index (χ0v) is 15.6. The molecule has 0 saturated carbocycles. The predicted molar refractivity (Wildman–Crippen MR) is 102 cm³/mol. The Kier molecular flexibility index (Phi) is 6.01. The third kappa shape index (κ3) is 4.49. The molecule has 3 rings (SSSR count). The Hall–Kier alpha value is -2.67. The molecule has 2 atom stereocenters. The van der Waals surface area contributed by atoms with Crippen molar-refractivity contribution in [1.29, 1.82) is 0 Å². The third-order valence-electron chi connectivity index (χ3n) is 4.04. The van der Waals surface area contributed by atoms with Crippen molar-refractivity contribution in [2.45, 2.75) is 30.2 Å². The fourth-order valence-electron chi connectivity index (χ4n) is 2.49. The second-order valence-corrected chi connectivity index (χ2v) is 7.33. The van der Waals surface area contributed by atoms with Crippen molar-refractivity contribution in [3.63, 3.8) is 0 Å². The highest BCUT2D eigenvalue weighted by molar-refractivity contribution is 8.00. The molecule has 0 radical (unpaired) electrons. The van der Waals surface area contributed by atoms with Crippen molar-refractivity contribution in [3.05, 3.63) is 66.2 Å². The molecule has 1 amide bonds. The van der Waals surface area contributed by atoms with E-state index in [9.17, 15) is 4.79 Å². The van der Waals surface area contributed by atoms with Crippen LogP contribution in [0.4, 0.5) is 0 Å². The molecular formula is C19H21N5OS. The summed E-state index contributed by atoms with van der Waals surface area (Å²) in [4.78, 5) is 12.4. The quantitative estimate of drug-likeness (QED) is 0.650. The van der Waals surface area contributed by atoms with Gasteiger partial charge in [0.05, 0.1) is 10.9 Å². The maximum Gasteiger partial charge on any atom is 0.233 e. The minimum atomic E-state index is -0.300. The number of nitrogens with zero attached hydrogens (tertiary/aromatic N) is 4. The molecule has 0 fully saturated rings. The van der Waals surface area contributed by atoms with E-state index in [2.05, 4.69) is 39.9 Å². The number of nitrogens with one attached hydrogen (secondary N) is 1. The number of aromatic nitrogens is 4. The number of hydrogen-bond acceptors (Lipinski definition) is 5. The number of thioether (sulfide) groups is 1. The van der Waals surface area contributed by atoms with E-state index in [0.29, 0.717) is 11.7 Å². The predicted octanol–water partition coefficient (Wildman–Crippen LogP) is 3.06. The lowest BCUT2D eigenvalue weighted by Gasteiger charge is -2.15. The van der Waals surface area contributed by atoms with E-state index in [1.54, 1.807) is 4.68 Å². The van der Waals surface area contributed by atoms with Crippen molar-refractivity contribution in [2.24, 2.45) is 0 Å². The molecule has 0 spiro atoms. The van der Waals surface area contributed by atoms with Crippen LogP contribution in [-0.4, -0.2) is 37.9 Å². The standard InChI is InChI=1S/C19H21N5OS/c1-14(16-9-5-3-6-10-16)13-20-18(25)15(2)26-19-21-22-23-24(19)17-11-7-4-8-12-17/h3-12,14-15H,13H2,1-2H3,(H,20,25)/t14-,15+/m1/s1. The van der Waals surface area contributed by atoms with Crippen LogP contribution in [-0.2, 0) is 4.79 Å². The summed E-state index contributed by atoms with van der Waals surface area (Å²) in [6.07, 6.45) is 0. The maximum absolute atomic E-state index is 12.4. The van der Waals surface area contributed by atoms with Gasteiger partial charge >= 0.3 is 0 Å². The van der Waals surface area contributed by atoms with Crippen LogP contribution >= 0.6 is 11.8 Å². The zero-order chi connectivity index (χ0) is 18.4. The van der Waals surface area contributed by atoms with E-state index in [4.69, 9.17) is 0 Å². The van der Waals surface area contributed by atoms with Gasteiger partial charge in [-0.25, -0.2) is 0 Å². The van der Waals surface area contributed by atoms with Gasteiger partial charge in [0, 0.05) is 6.54 Å². The van der Waals surface area contributed by atoms with Crippen molar-refractivity contribution in [3.8, 4) is 5.69 Å². The van der Waals surface area contributed by atoms with Crippen LogP contribution in [0.5, 0.6) is 0 Å². The maximum atomic E-state index is 12.4. The van der Waals surface area contributed by atoms with Gasteiger partial charge in [0.25, 0.3) is 0 Å². The van der Waals surface area contributed by atoms with Gasteiger partial charge in [-0.2, -0.15) is 4.68 Å². The molecule has 3 aromatic rings. The van der Waals surface area contributed by atoms with E-state index >= 15 is 0 Å². The van der Waals surface area contributed by atoms with E-state index in [1.807, 2.05) is 55.5 Å². The number of tetrazole rings is 1. The van der Waals surface area contributed by atoms with Crippen LogP contribution < -0.4 is 5.32 Å². The summed E-state index contributed by atoms with van der Waals surface area (Å²) in [6.45, 7) is 4.55. The van der Waals surface area contributed by atoms with E-state index < -0.39 is 0 Å². The second kappa shape index (κ2) is 8.62. The van der Waals surface area contributed by atoms with Crippen LogP contribution in [0.3, 0.4) is 0 Å². The number of amides is 1. The van der Waals surface area contributed by atoms with Gasteiger partial charge in [0.1, 0.15) is 0 Å². The number of rotatable bonds is 7. The van der Waals surface area contributed by atoms with Gasteiger partial charge in [-0.3, -0.25) is 4.79 Å². The van der Waals surface area contributed by atoms with Crippen LogP contribution in [0.15, 0.2) is 65.8 Å². The first-order valence-corrected chi connectivity index (χ1v) is 9.36. The normalized spacial score (nSPS) is 13.2. The Balaban J connectivity index is 1.58. The SMILES string of the molecule is C[C@H](Sc1nnnn1-c1ccccc1)C(=O)NC[C@@H](C)c1ccccc1. The van der Waals surface area contributed by atoms with Gasteiger partial charge in [0.15, 0.2) is 0 Å². The smallest absolute Gasteiger partial charge is 0.233 e. The molecule has 0 aliphatic rings. The molecule has 1 heterocycles. The fraction of sp³-hybridized carbons (Fsp3) is 0.263. The van der Waals surface area contributed by atoms with E-state index in [-0.39, 0.29) is 17.1 Å². The highest BCUT2D eigenvalue weighted by atomic mass is 32.2. The molecule has 26 heavy (non-hydrogen) atoms. The highest BCUT2D eigenvalue weighted by Crippen LogP contribution is 2.23. The topological polar surface area (TPSA) is 72.7 Å². The first-order valence-electron chi connectivity index (χ1n) is 8.48. The number of hydrogen-bond donors (Lipinski definition) is 1. The molecule has 0 aliphatic carbocycles. The van der Waals surface area contributed by atoms with Gasteiger partial charge in [-0.1, -0.05) is 67.2 Å². The van der Waals surface area contributed by atoms with E-state index in [1.165, 1.54) is 17.3 Å². The first-order chi connectivity index (χ1) is 12.6. The lowest BCUT2D eigenvalue weighted by Crippen LogP contribution is -2.33. The summed E-state index contributed by atoms with van der Waals surface area (Å²) < 4.78 is 1.64. The van der Waals surface area contributed by atoms with Gasteiger partial charge in [0.2, 0.25) is 11.1 Å². The number of benzene rings is 2.